The first-order valence-electron chi connectivity index (χ1n) is 17.6. The van der Waals surface area contributed by atoms with E-state index in [0.717, 1.165) is 55.6 Å². The van der Waals surface area contributed by atoms with E-state index in [9.17, 15) is 0 Å². The van der Waals surface area contributed by atoms with E-state index in [4.69, 9.17) is 4.42 Å². The highest BCUT2D eigenvalue weighted by atomic mass is 16.3. The molecule has 0 unspecified atom stereocenters. The molecule has 306 valence electrons. The first kappa shape index (κ1) is 50.1. The number of hydrogen-bond acceptors (Lipinski definition) is 8. The molecule has 8 heteroatoms. The summed E-state index contributed by atoms with van der Waals surface area (Å²) in [6, 6.07) is 40.5. The lowest BCUT2D eigenvalue weighted by Crippen LogP contribution is -1.86. The van der Waals surface area contributed by atoms with E-state index in [2.05, 4.69) is 66.3 Å². The Morgan fingerprint density at radius 2 is 0.898 bits per heavy atom. The Morgan fingerprint density at radius 1 is 0.390 bits per heavy atom. The van der Waals surface area contributed by atoms with Gasteiger partial charge in [0.25, 0.3) is 0 Å². The second kappa shape index (κ2) is 24.6. The number of benzene rings is 4. The smallest absolute Gasteiger partial charge is 0.155 e. The van der Waals surface area contributed by atoms with E-state index in [1.807, 2.05) is 137 Å². The molecule has 0 aliphatic heterocycles. The van der Waals surface area contributed by atoms with Crippen LogP contribution < -0.4 is 0 Å². The lowest BCUT2D eigenvalue weighted by Gasteiger charge is -1.97. The molecule has 0 N–H and O–H groups in total. The van der Waals surface area contributed by atoms with Gasteiger partial charge in [0.15, 0.2) is 5.58 Å². The summed E-state index contributed by atoms with van der Waals surface area (Å²) in [5.41, 5.74) is 8.34. The number of furan rings is 1. The minimum Gasteiger partial charge on any atom is -0.462 e. The zero-order valence-corrected chi connectivity index (χ0v) is 31.0. The van der Waals surface area contributed by atoms with Gasteiger partial charge in [-0.25, -0.2) is 9.97 Å². The number of nitrogens with zero attached hydrogens (tertiary/aromatic N) is 7. The Morgan fingerprint density at radius 3 is 1.51 bits per heavy atom. The SMILES string of the molecule is C.C.C.C.C.Cc1ccnc2ccccc12.Cc1nccc2ccccc12.Cc1nccc2ccoc12.Cc1ncnc2ccccc12.Cc1nncc2ccccc12. The van der Waals surface area contributed by atoms with Crippen molar-refractivity contribution in [1.82, 2.24) is 35.1 Å². The summed E-state index contributed by atoms with van der Waals surface area (Å²) in [5.74, 6) is 0. The Labute approximate surface area is 351 Å². The van der Waals surface area contributed by atoms with E-state index in [-0.39, 0.29) is 37.1 Å². The van der Waals surface area contributed by atoms with Crippen molar-refractivity contribution in [3.8, 4) is 0 Å². The molecule has 0 atom stereocenters. The van der Waals surface area contributed by atoms with Crippen LogP contribution in [0.3, 0.4) is 0 Å². The van der Waals surface area contributed by atoms with E-state index < -0.39 is 0 Å². The number of pyridine rings is 3. The Kier molecular flexibility index (Phi) is 20.9. The van der Waals surface area contributed by atoms with Crippen LogP contribution in [-0.2, 0) is 0 Å². The Hall–Kier alpha value is -6.93. The minimum absolute atomic E-state index is 0. The van der Waals surface area contributed by atoms with Crippen LogP contribution in [0.25, 0.3) is 54.3 Å². The number of hydrogen-bond donors (Lipinski definition) is 0. The second-order valence-corrected chi connectivity index (χ2v) is 12.5. The van der Waals surface area contributed by atoms with Crippen molar-refractivity contribution in [2.24, 2.45) is 0 Å². The fourth-order valence-electron chi connectivity index (χ4n) is 5.85. The largest absolute Gasteiger partial charge is 0.462 e. The molecule has 0 amide bonds. The summed E-state index contributed by atoms with van der Waals surface area (Å²) >= 11 is 0. The highest BCUT2D eigenvalue weighted by molar-refractivity contribution is 5.85. The van der Waals surface area contributed by atoms with Crippen LogP contribution in [0.5, 0.6) is 0 Å². The molecule has 0 aliphatic carbocycles. The maximum absolute atomic E-state index is 5.19. The number of para-hydroxylation sites is 2. The van der Waals surface area contributed by atoms with Crippen molar-refractivity contribution in [2.75, 3.05) is 0 Å². The van der Waals surface area contributed by atoms with Crippen LogP contribution in [0.15, 0.2) is 163 Å². The average molecular weight is 788 g/mol. The molecule has 10 rings (SSSR count). The summed E-state index contributed by atoms with van der Waals surface area (Å²) in [5, 5.41) is 16.2. The quantitative estimate of drug-likeness (QED) is 0.150. The van der Waals surface area contributed by atoms with Crippen LogP contribution >= 0.6 is 0 Å². The summed E-state index contributed by atoms with van der Waals surface area (Å²) in [4.78, 5) is 20.8. The van der Waals surface area contributed by atoms with Crippen LogP contribution in [0, 0.1) is 34.6 Å². The molecule has 0 fully saturated rings. The van der Waals surface area contributed by atoms with Crippen molar-refractivity contribution >= 4 is 54.3 Å². The summed E-state index contributed by atoms with van der Waals surface area (Å²) in [7, 11) is 0. The van der Waals surface area contributed by atoms with Gasteiger partial charge < -0.3 is 4.42 Å². The van der Waals surface area contributed by atoms with Gasteiger partial charge in [0, 0.05) is 62.3 Å². The third-order valence-electron chi connectivity index (χ3n) is 8.78. The average Bonchev–Trinajstić information content (AvgIpc) is 3.71. The summed E-state index contributed by atoms with van der Waals surface area (Å²) in [6.45, 7) is 10.0. The molecule has 0 saturated carbocycles. The monoisotopic (exact) mass is 787 g/mol. The Bertz CT molecular complexity index is 2430. The van der Waals surface area contributed by atoms with Crippen LogP contribution in [0.4, 0.5) is 0 Å². The maximum atomic E-state index is 5.19. The molecule has 0 spiro atoms. The number of aromatic nitrogens is 7. The molecule has 10 aromatic rings. The van der Waals surface area contributed by atoms with E-state index in [1.54, 1.807) is 25.0 Å². The fraction of sp³-hybridized carbons (Fsp3) is 0.196. The van der Waals surface area contributed by atoms with E-state index in [0.29, 0.717) is 0 Å². The molecule has 6 aromatic heterocycles. The molecule has 59 heavy (non-hydrogen) atoms. The molecule has 0 bridgehead atoms. The van der Waals surface area contributed by atoms with Crippen molar-refractivity contribution < 1.29 is 4.42 Å². The molecule has 6 heterocycles. The second-order valence-electron chi connectivity index (χ2n) is 12.5. The topological polar surface area (TPSA) is 103 Å². The number of aryl methyl sites for hydroxylation is 5. The molecular formula is C51H61N7O. The van der Waals surface area contributed by atoms with Gasteiger partial charge in [-0.1, -0.05) is 122 Å². The van der Waals surface area contributed by atoms with Crippen molar-refractivity contribution in [2.45, 2.75) is 71.8 Å². The Balaban J connectivity index is 0.000000361. The summed E-state index contributed by atoms with van der Waals surface area (Å²) < 4.78 is 5.19. The fourth-order valence-corrected chi connectivity index (χ4v) is 5.85. The summed E-state index contributed by atoms with van der Waals surface area (Å²) in [6.07, 6.45) is 10.5. The van der Waals surface area contributed by atoms with Crippen LogP contribution in [0.1, 0.15) is 65.5 Å². The lowest BCUT2D eigenvalue weighted by molar-refractivity contribution is 0.611. The molecule has 4 aromatic carbocycles. The zero-order valence-electron chi connectivity index (χ0n) is 31.0. The van der Waals surface area contributed by atoms with Gasteiger partial charge in [-0.2, -0.15) is 10.2 Å². The molecule has 0 radical (unpaired) electrons. The highest BCUT2D eigenvalue weighted by Gasteiger charge is 1.99. The highest BCUT2D eigenvalue weighted by Crippen LogP contribution is 2.17. The standard InChI is InChI=1S/2C10H9N.2C9H8N2.C8H7NO.5CH4/c1-8-10-5-3-2-4-9(10)6-7-11-8;1-8-6-7-11-10-5-3-2-4-9(8)10;1-7-8-4-2-3-5-9(8)11-6-10-7;1-7-9-5-3-2-4-8(9)6-10-11-7;1-6-8-7(2-4-9-6)3-5-10-8;;;;;/h2*2-7H,1H3;2*2-6H,1H3;2-5H,1H3;5*1H4. The normalized spacial score (nSPS) is 9.44. The third-order valence-corrected chi connectivity index (χ3v) is 8.78. The zero-order chi connectivity index (χ0) is 37.7. The molecule has 0 aliphatic rings. The predicted molar refractivity (Wildman–Crippen MR) is 254 cm³/mol. The maximum Gasteiger partial charge on any atom is 0.155 e. The first-order valence-corrected chi connectivity index (χ1v) is 17.6. The molecular weight excluding hydrogens is 727 g/mol. The number of fused-ring (bicyclic) bond motifs is 5. The predicted octanol–water partition coefficient (Wildman–Crippen LogP) is 14.3. The van der Waals surface area contributed by atoms with Crippen molar-refractivity contribution in [3.63, 3.8) is 0 Å². The molecule has 8 nitrogen and oxygen atoms in total. The van der Waals surface area contributed by atoms with Crippen molar-refractivity contribution in [3.05, 3.63) is 187 Å². The number of rotatable bonds is 0. The van der Waals surface area contributed by atoms with Crippen LogP contribution in [-0.4, -0.2) is 35.1 Å². The van der Waals surface area contributed by atoms with Gasteiger partial charge in [0.05, 0.1) is 34.9 Å². The third kappa shape index (κ3) is 13.1. The van der Waals surface area contributed by atoms with Crippen LogP contribution in [0.2, 0.25) is 0 Å². The molecule has 0 saturated heterocycles. The van der Waals surface area contributed by atoms with Gasteiger partial charge in [-0.3, -0.25) is 15.0 Å². The lowest BCUT2D eigenvalue weighted by atomic mass is 10.1. The van der Waals surface area contributed by atoms with Gasteiger partial charge >= 0.3 is 0 Å². The van der Waals surface area contributed by atoms with E-state index in [1.165, 1.54) is 27.1 Å². The van der Waals surface area contributed by atoms with Gasteiger partial charge in [-0.15, -0.1) is 0 Å². The first-order chi connectivity index (χ1) is 26.4. The van der Waals surface area contributed by atoms with Gasteiger partial charge in [-0.05, 0) is 82.0 Å². The van der Waals surface area contributed by atoms with E-state index >= 15 is 0 Å². The van der Waals surface area contributed by atoms with Gasteiger partial charge in [0.2, 0.25) is 0 Å². The minimum atomic E-state index is 0. The van der Waals surface area contributed by atoms with Gasteiger partial charge in [0.1, 0.15) is 6.33 Å². The van der Waals surface area contributed by atoms with Crippen molar-refractivity contribution in [1.29, 1.82) is 0 Å².